The molecule has 1 aliphatic rings. The normalized spacial score (nSPS) is 14.7. The maximum absolute atomic E-state index is 13.4. The number of benzene rings is 2. The van der Waals surface area contributed by atoms with Crippen LogP contribution in [0.3, 0.4) is 0 Å². The first-order chi connectivity index (χ1) is 18.0. The Hall–Kier alpha value is -4.29. The van der Waals surface area contributed by atoms with Crippen LogP contribution in [0.4, 0.5) is 0 Å². The lowest BCUT2D eigenvalue weighted by molar-refractivity contribution is 0.0660. The number of carbonyl (C=O) groups is 1. The molecule has 1 aliphatic heterocycles. The molecule has 0 aliphatic carbocycles. The number of amides is 1. The van der Waals surface area contributed by atoms with E-state index >= 15 is 0 Å². The topological polar surface area (TPSA) is 115 Å². The van der Waals surface area contributed by atoms with E-state index < -0.39 is 6.04 Å². The first-order valence-electron chi connectivity index (χ1n) is 12.2. The molecule has 1 N–H and O–H groups in total. The molecule has 9 nitrogen and oxygen atoms in total. The van der Waals surface area contributed by atoms with Gasteiger partial charge in [0.2, 0.25) is 0 Å². The number of nitrogens with one attached hydrogen (secondary N) is 1. The molecule has 1 fully saturated rings. The monoisotopic (exact) mass is 496 g/mol. The van der Waals surface area contributed by atoms with Crippen LogP contribution in [-0.4, -0.2) is 46.0 Å². The first kappa shape index (κ1) is 24.4. The third-order valence-corrected chi connectivity index (χ3v) is 6.72. The van der Waals surface area contributed by atoms with E-state index in [4.69, 9.17) is 14.5 Å². The number of nitriles is 1. The molecule has 0 saturated carbocycles. The van der Waals surface area contributed by atoms with Crippen molar-refractivity contribution >= 4 is 16.8 Å². The van der Waals surface area contributed by atoms with Gasteiger partial charge in [-0.2, -0.15) is 10.4 Å². The van der Waals surface area contributed by atoms with Crippen molar-refractivity contribution in [3.63, 3.8) is 0 Å². The van der Waals surface area contributed by atoms with Gasteiger partial charge in [-0.15, -0.1) is 0 Å². The van der Waals surface area contributed by atoms with Crippen LogP contribution in [0.5, 0.6) is 5.75 Å². The van der Waals surface area contributed by atoms with E-state index in [-0.39, 0.29) is 5.91 Å². The van der Waals surface area contributed by atoms with Gasteiger partial charge in [-0.3, -0.25) is 9.48 Å². The molecule has 3 heterocycles. The summed E-state index contributed by atoms with van der Waals surface area (Å²) in [4.78, 5) is 22.7. The third-order valence-electron chi connectivity index (χ3n) is 6.72. The van der Waals surface area contributed by atoms with Gasteiger partial charge >= 0.3 is 0 Å². The average Bonchev–Trinajstić information content (AvgIpc) is 3.37. The van der Waals surface area contributed by atoms with Gasteiger partial charge in [0, 0.05) is 55.6 Å². The van der Waals surface area contributed by atoms with Crippen molar-refractivity contribution in [3.8, 4) is 11.8 Å². The Labute approximate surface area is 215 Å². The SMILES string of the molecule is COc1ccc([C@@H](NC(=O)c2ccc3cnc(CC4CCOCC4)nc3c2)c2cnn(C)c2)cc1C#N. The number of carbonyl (C=O) groups excluding carboxylic acids is 1. The predicted octanol–water partition coefficient (Wildman–Crippen LogP) is 3.73. The highest BCUT2D eigenvalue weighted by atomic mass is 16.5. The predicted molar refractivity (Wildman–Crippen MR) is 137 cm³/mol. The second-order valence-corrected chi connectivity index (χ2v) is 9.25. The summed E-state index contributed by atoms with van der Waals surface area (Å²) in [6, 6.07) is 12.4. The van der Waals surface area contributed by atoms with E-state index in [2.05, 4.69) is 21.5 Å². The molecule has 0 bridgehead atoms. The number of aromatic nitrogens is 4. The van der Waals surface area contributed by atoms with E-state index in [1.54, 1.807) is 35.1 Å². The molecule has 0 unspecified atom stereocenters. The molecular formula is C28H28N6O3. The Morgan fingerprint density at radius 2 is 2.05 bits per heavy atom. The average molecular weight is 497 g/mol. The zero-order chi connectivity index (χ0) is 25.8. The van der Waals surface area contributed by atoms with Crippen LogP contribution < -0.4 is 10.1 Å². The Morgan fingerprint density at radius 1 is 1.22 bits per heavy atom. The van der Waals surface area contributed by atoms with Crippen LogP contribution in [0.15, 0.2) is 55.0 Å². The van der Waals surface area contributed by atoms with Crippen molar-refractivity contribution in [2.75, 3.05) is 20.3 Å². The summed E-state index contributed by atoms with van der Waals surface area (Å²) in [5.41, 5.74) is 3.17. The molecule has 1 saturated heterocycles. The molecule has 2 aromatic heterocycles. The maximum atomic E-state index is 13.4. The van der Waals surface area contributed by atoms with E-state index in [0.29, 0.717) is 22.8 Å². The zero-order valence-electron chi connectivity index (χ0n) is 20.8. The Morgan fingerprint density at radius 3 is 2.78 bits per heavy atom. The van der Waals surface area contributed by atoms with Crippen molar-refractivity contribution in [2.24, 2.45) is 13.0 Å². The van der Waals surface area contributed by atoms with Gasteiger partial charge in [0.25, 0.3) is 5.91 Å². The molecule has 2 aromatic carbocycles. The highest BCUT2D eigenvalue weighted by molar-refractivity contribution is 5.98. The van der Waals surface area contributed by atoms with E-state index in [9.17, 15) is 10.1 Å². The lowest BCUT2D eigenvalue weighted by Crippen LogP contribution is -2.29. The molecular weight excluding hydrogens is 468 g/mol. The van der Waals surface area contributed by atoms with Crippen LogP contribution >= 0.6 is 0 Å². The quantitative estimate of drug-likeness (QED) is 0.414. The van der Waals surface area contributed by atoms with E-state index in [1.807, 2.05) is 31.6 Å². The van der Waals surface area contributed by atoms with Gasteiger partial charge < -0.3 is 14.8 Å². The highest BCUT2D eigenvalue weighted by Gasteiger charge is 2.22. The molecule has 5 rings (SSSR count). The Kier molecular flexibility index (Phi) is 7.10. The first-order valence-corrected chi connectivity index (χ1v) is 12.2. The van der Waals surface area contributed by atoms with Crippen molar-refractivity contribution in [3.05, 3.63) is 83.1 Å². The van der Waals surface area contributed by atoms with Crippen LogP contribution in [0, 0.1) is 17.2 Å². The minimum absolute atomic E-state index is 0.255. The van der Waals surface area contributed by atoms with Gasteiger partial charge in [-0.1, -0.05) is 12.1 Å². The minimum Gasteiger partial charge on any atom is -0.495 e. The number of ether oxygens (including phenoxy) is 2. The van der Waals surface area contributed by atoms with Crippen molar-refractivity contribution in [1.82, 2.24) is 25.1 Å². The summed E-state index contributed by atoms with van der Waals surface area (Å²) in [5, 5.41) is 17.8. The van der Waals surface area contributed by atoms with Crippen molar-refractivity contribution < 1.29 is 14.3 Å². The van der Waals surface area contributed by atoms with Gasteiger partial charge in [-0.25, -0.2) is 9.97 Å². The smallest absolute Gasteiger partial charge is 0.252 e. The second-order valence-electron chi connectivity index (χ2n) is 9.25. The molecule has 188 valence electrons. The van der Waals surface area contributed by atoms with Crippen molar-refractivity contribution in [1.29, 1.82) is 5.26 Å². The number of hydrogen-bond donors (Lipinski definition) is 1. The number of nitrogens with zero attached hydrogens (tertiary/aromatic N) is 5. The Bertz CT molecular complexity index is 1470. The molecule has 1 atom stereocenters. The molecule has 0 spiro atoms. The third kappa shape index (κ3) is 5.44. The molecule has 4 aromatic rings. The number of rotatable bonds is 7. The number of aryl methyl sites for hydroxylation is 1. The standard InChI is InChI=1S/C28H28N6O3/c1-34-17-23(16-31-34)27(19-5-6-25(36-2)22(12-19)14-29)33-28(35)20-3-4-21-15-30-26(32-24(21)13-20)11-18-7-9-37-10-8-18/h3-6,12-13,15-18,27H,7-11H2,1-2H3,(H,33,35)/t27-/m1/s1. The number of hydrogen-bond acceptors (Lipinski definition) is 7. The summed E-state index contributed by atoms with van der Waals surface area (Å²) in [7, 11) is 3.34. The van der Waals surface area contributed by atoms with Gasteiger partial charge in [-0.05, 0) is 48.6 Å². The maximum Gasteiger partial charge on any atom is 0.252 e. The van der Waals surface area contributed by atoms with E-state index in [1.165, 1.54) is 7.11 Å². The van der Waals surface area contributed by atoms with Gasteiger partial charge in [0.15, 0.2) is 0 Å². The fourth-order valence-corrected chi connectivity index (χ4v) is 4.67. The summed E-state index contributed by atoms with van der Waals surface area (Å²) < 4.78 is 12.4. The molecule has 9 heteroatoms. The van der Waals surface area contributed by atoms with Crippen LogP contribution in [0.1, 0.15) is 51.8 Å². The summed E-state index contributed by atoms with van der Waals surface area (Å²) in [5.74, 6) is 1.52. The van der Waals surface area contributed by atoms with E-state index in [0.717, 1.165) is 60.3 Å². The largest absolute Gasteiger partial charge is 0.495 e. The fraction of sp³-hybridized carbons (Fsp3) is 0.321. The number of fused-ring (bicyclic) bond motifs is 1. The molecule has 37 heavy (non-hydrogen) atoms. The molecule has 1 amide bonds. The lowest BCUT2D eigenvalue weighted by atomic mass is 9.96. The number of methoxy groups -OCH3 is 1. The van der Waals surface area contributed by atoms with Crippen LogP contribution in [0.25, 0.3) is 10.9 Å². The Balaban J connectivity index is 1.42. The fourth-order valence-electron chi connectivity index (χ4n) is 4.67. The minimum atomic E-state index is -0.510. The van der Waals surface area contributed by atoms with Crippen molar-refractivity contribution in [2.45, 2.75) is 25.3 Å². The van der Waals surface area contributed by atoms with Gasteiger partial charge in [0.05, 0.1) is 30.4 Å². The second kappa shape index (κ2) is 10.8. The lowest BCUT2D eigenvalue weighted by Gasteiger charge is -2.21. The van der Waals surface area contributed by atoms with Crippen LogP contribution in [0.2, 0.25) is 0 Å². The summed E-state index contributed by atoms with van der Waals surface area (Å²) in [6.45, 7) is 1.56. The summed E-state index contributed by atoms with van der Waals surface area (Å²) >= 11 is 0. The zero-order valence-corrected chi connectivity index (χ0v) is 20.8. The summed E-state index contributed by atoms with van der Waals surface area (Å²) in [6.07, 6.45) is 8.20. The van der Waals surface area contributed by atoms with Gasteiger partial charge in [0.1, 0.15) is 17.6 Å². The molecule has 0 radical (unpaired) electrons. The van der Waals surface area contributed by atoms with Crippen LogP contribution in [-0.2, 0) is 18.2 Å². The highest BCUT2D eigenvalue weighted by Crippen LogP contribution is 2.28.